The van der Waals surface area contributed by atoms with Crippen molar-refractivity contribution in [2.45, 2.75) is 11.8 Å². The molecule has 1 aliphatic rings. The third-order valence-electron chi connectivity index (χ3n) is 4.50. The molecule has 6 heteroatoms. The summed E-state index contributed by atoms with van der Waals surface area (Å²) in [6.07, 6.45) is 0.837. The van der Waals surface area contributed by atoms with Gasteiger partial charge in [0, 0.05) is 25.8 Å². The Hall–Kier alpha value is -2.31. The number of amides is 2. The normalized spacial score (nSPS) is 16.6. The highest BCUT2D eigenvalue weighted by atomic mass is 32.2. The number of benzene rings is 2. The lowest BCUT2D eigenvalue weighted by Crippen LogP contribution is -2.30. The van der Waals surface area contributed by atoms with Gasteiger partial charge in [-0.15, -0.1) is 11.8 Å². The van der Waals surface area contributed by atoms with Crippen LogP contribution in [0.15, 0.2) is 54.6 Å². The van der Waals surface area contributed by atoms with Gasteiger partial charge in [-0.25, -0.2) is 0 Å². The van der Waals surface area contributed by atoms with Crippen LogP contribution >= 0.6 is 11.8 Å². The summed E-state index contributed by atoms with van der Waals surface area (Å²) in [5.74, 6) is 0.552. The standard InChI is InChI=1S/C21H24N2O3S/c1-26-14-12-22-20(25)17-7-9-18(10-8-17)21-23(19(24)15-27-21)13-11-16-5-3-2-4-6-16/h2-10,21H,11-15H2,1H3,(H,22,25)/t21-/m0/s1. The zero-order chi connectivity index (χ0) is 19.1. The fourth-order valence-electron chi connectivity index (χ4n) is 3.03. The van der Waals surface area contributed by atoms with Crippen molar-refractivity contribution in [1.82, 2.24) is 10.2 Å². The van der Waals surface area contributed by atoms with E-state index < -0.39 is 0 Å². The number of hydrogen-bond acceptors (Lipinski definition) is 4. The largest absolute Gasteiger partial charge is 0.383 e. The highest BCUT2D eigenvalue weighted by molar-refractivity contribution is 8.00. The summed E-state index contributed by atoms with van der Waals surface area (Å²) < 4.78 is 4.94. The van der Waals surface area contributed by atoms with Crippen LogP contribution in [0.5, 0.6) is 0 Å². The van der Waals surface area contributed by atoms with E-state index in [1.54, 1.807) is 18.9 Å². The summed E-state index contributed by atoms with van der Waals surface area (Å²) in [4.78, 5) is 26.4. The Labute approximate surface area is 164 Å². The Balaban J connectivity index is 1.63. The summed E-state index contributed by atoms with van der Waals surface area (Å²) >= 11 is 1.64. The van der Waals surface area contributed by atoms with Gasteiger partial charge in [-0.2, -0.15) is 0 Å². The Morgan fingerprint density at radius 1 is 1.19 bits per heavy atom. The van der Waals surface area contributed by atoms with Crippen molar-refractivity contribution >= 4 is 23.6 Å². The smallest absolute Gasteiger partial charge is 0.251 e. The van der Waals surface area contributed by atoms with Crippen LogP contribution in [0.3, 0.4) is 0 Å². The molecule has 1 aliphatic heterocycles. The van der Waals surface area contributed by atoms with Crippen molar-refractivity contribution in [1.29, 1.82) is 0 Å². The lowest BCUT2D eigenvalue weighted by molar-refractivity contribution is -0.128. The molecule has 0 spiro atoms. The summed E-state index contributed by atoms with van der Waals surface area (Å²) in [5, 5.41) is 2.82. The van der Waals surface area contributed by atoms with Gasteiger partial charge in [-0.1, -0.05) is 42.5 Å². The Bertz CT molecular complexity index is 765. The minimum absolute atomic E-state index is 0.00631. The number of rotatable bonds is 8. The third-order valence-corrected chi connectivity index (χ3v) is 5.76. The molecular weight excluding hydrogens is 360 g/mol. The molecule has 1 saturated heterocycles. The van der Waals surface area contributed by atoms with Crippen LogP contribution in [0.25, 0.3) is 0 Å². The van der Waals surface area contributed by atoms with E-state index in [1.165, 1.54) is 5.56 Å². The SMILES string of the molecule is COCCNC(=O)c1ccc([C@@H]2SCC(=O)N2CCc2ccccc2)cc1. The van der Waals surface area contributed by atoms with Crippen molar-refractivity contribution in [2.75, 3.05) is 32.6 Å². The molecular formula is C21H24N2O3S. The molecule has 2 amide bonds. The lowest BCUT2D eigenvalue weighted by atomic mass is 10.1. The predicted octanol–water partition coefficient (Wildman–Crippen LogP) is 2.88. The van der Waals surface area contributed by atoms with Gasteiger partial charge >= 0.3 is 0 Å². The average Bonchev–Trinajstić information content (AvgIpc) is 3.08. The van der Waals surface area contributed by atoms with Crippen LogP contribution in [0.2, 0.25) is 0 Å². The van der Waals surface area contributed by atoms with Gasteiger partial charge in [-0.05, 0) is 29.7 Å². The van der Waals surface area contributed by atoms with Gasteiger partial charge in [0.05, 0.1) is 12.4 Å². The lowest BCUT2D eigenvalue weighted by Gasteiger charge is -2.24. The number of methoxy groups -OCH3 is 1. The molecule has 2 aromatic rings. The summed E-state index contributed by atoms with van der Waals surface area (Å²) in [6.45, 7) is 1.66. The van der Waals surface area contributed by atoms with E-state index in [-0.39, 0.29) is 17.2 Å². The van der Waals surface area contributed by atoms with E-state index in [1.807, 2.05) is 47.4 Å². The molecule has 0 unspecified atom stereocenters. The van der Waals surface area contributed by atoms with Crippen molar-refractivity contribution < 1.29 is 14.3 Å². The number of carbonyl (C=O) groups excluding carboxylic acids is 2. The minimum Gasteiger partial charge on any atom is -0.383 e. The number of thioether (sulfide) groups is 1. The van der Waals surface area contributed by atoms with Gasteiger partial charge in [0.2, 0.25) is 5.91 Å². The molecule has 0 radical (unpaired) electrons. The van der Waals surface area contributed by atoms with E-state index in [4.69, 9.17) is 4.74 Å². The minimum atomic E-state index is -0.116. The zero-order valence-corrected chi connectivity index (χ0v) is 16.2. The fourth-order valence-corrected chi connectivity index (χ4v) is 4.25. The van der Waals surface area contributed by atoms with Gasteiger partial charge in [0.15, 0.2) is 0 Å². The molecule has 27 heavy (non-hydrogen) atoms. The first-order valence-electron chi connectivity index (χ1n) is 9.01. The van der Waals surface area contributed by atoms with Crippen molar-refractivity contribution in [3.63, 3.8) is 0 Å². The molecule has 1 atom stereocenters. The molecule has 0 aliphatic carbocycles. The number of nitrogens with zero attached hydrogens (tertiary/aromatic N) is 1. The first-order valence-corrected chi connectivity index (χ1v) is 10.1. The van der Waals surface area contributed by atoms with Crippen LogP contribution in [0, 0.1) is 0 Å². The molecule has 3 rings (SSSR count). The second-order valence-electron chi connectivity index (χ2n) is 6.36. The second-order valence-corrected chi connectivity index (χ2v) is 7.43. The highest BCUT2D eigenvalue weighted by Gasteiger charge is 2.32. The molecule has 1 heterocycles. The van der Waals surface area contributed by atoms with E-state index in [9.17, 15) is 9.59 Å². The van der Waals surface area contributed by atoms with Gasteiger partial charge < -0.3 is 15.0 Å². The van der Waals surface area contributed by atoms with Crippen LogP contribution in [0.1, 0.15) is 26.9 Å². The molecule has 1 fully saturated rings. The third kappa shape index (κ3) is 5.11. The van der Waals surface area contributed by atoms with Crippen LogP contribution in [0.4, 0.5) is 0 Å². The maximum absolute atomic E-state index is 12.3. The summed E-state index contributed by atoms with van der Waals surface area (Å²) in [7, 11) is 1.60. The fraction of sp³-hybridized carbons (Fsp3) is 0.333. The summed E-state index contributed by atoms with van der Waals surface area (Å²) in [5.41, 5.74) is 2.89. The molecule has 2 aromatic carbocycles. The molecule has 142 valence electrons. The van der Waals surface area contributed by atoms with E-state index in [0.29, 0.717) is 31.0 Å². The van der Waals surface area contributed by atoms with Gasteiger partial charge in [-0.3, -0.25) is 9.59 Å². The zero-order valence-electron chi connectivity index (χ0n) is 15.4. The maximum Gasteiger partial charge on any atom is 0.251 e. The van der Waals surface area contributed by atoms with E-state index in [2.05, 4.69) is 17.4 Å². The van der Waals surface area contributed by atoms with Crippen LogP contribution < -0.4 is 5.32 Å². The highest BCUT2D eigenvalue weighted by Crippen LogP contribution is 2.38. The Kier molecular flexibility index (Phi) is 6.90. The van der Waals surface area contributed by atoms with Crippen molar-refractivity contribution in [3.05, 3.63) is 71.3 Å². The molecule has 0 aromatic heterocycles. The second kappa shape index (κ2) is 9.58. The van der Waals surface area contributed by atoms with Crippen molar-refractivity contribution in [2.24, 2.45) is 0 Å². The van der Waals surface area contributed by atoms with Crippen LogP contribution in [-0.4, -0.2) is 49.3 Å². The average molecular weight is 385 g/mol. The first-order chi connectivity index (χ1) is 13.2. The molecule has 5 nitrogen and oxygen atoms in total. The number of hydrogen-bond donors (Lipinski definition) is 1. The van der Waals surface area contributed by atoms with Crippen LogP contribution in [-0.2, 0) is 16.0 Å². The van der Waals surface area contributed by atoms with Gasteiger partial charge in [0.1, 0.15) is 5.37 Å². The quantitative estimate of drug-likeness (QED) is 0.711. The van der Waals surface area contributed by atoms with Gasteiger partial charge in [0.25, 0.3) is 5.91 Å². The Morgan fingerprint density at radius 3 is 2.63 bits per heavy atom. The molecule has 0 saturated carbocycles. The van der Waals surface area contributed by atoms with Crippen molar-refractivity contribution in [3.8, 4) is 0 Å². The maximum atomic E-state index is 12.3. The molecule has 0 bridgehead atoms. The molecule has 1 N–H and O–H groups in total. The van der Waals surface area contributed by atoms with E-state index in [0.717, 1.165) is 12.0 Å². The predicted molar refractivity (Wildman–Crippen MR) is 108 cm³/mol. The Morgan fingerprint density at radius 2 is 1.93 bits per heavy atom. The summed E-state index contributed by atoms with van der Waals surface area (Å²) in [6, 6.07) is 17.7. The first kappa shape index (κ1) is 19.5. The number of carbonyl (C=O) groups is 2. The number of nitrogens with one attached hydrogen (secondary N) is 1. The topological polar surface area (TPSA) is 58.6 Å². The number of ether oxygens (including phenoxy) is 1. The van der Waals surface area contributed by atoms with E-state index >= 15 is 0 Å². The monoisotopic (exact) mass is 384 g/mol.